The quantitative estimate of drug-likeness (QED) is 0.385. The molecule has 2 radical (unpaired) electrons. The molecule has 1 heterocycles. The van der Waals surface area contributed by atoms with Crippen LogP contribution in [0.15, 0.2) is 18.3 Å². The van der Waals surface area contributed by atoms with Crippen molar-refractivity contribution in [2.24, 2.45) is 0 Å². The molecule has 0 fully saturated rings. The number of hydrogen-bond donors (Lipinski definition) is 2. The second-order valence-electron chi connectivity index (χ2n) is 4.16. The van der Waals surface area contributed by atoms with Gasteiger partial charge in [0.05, 0.1) is 0 Å². The number of fused-ring (bicyclic) bond motifs is 1. The van der Waals surface area contributed by atoms with E-state index in [0.29, 0.717) is 22.0 Å². The summed E-state index contributed by atoms with van der Waals surface area (Å²) in [5.74, 6) is 1.47. The van der Waals surface area contributed by atoms with Crippen molar-refractivity contribution < 1.29 is 14.8 Å². The minimum absolute atomic E-state index is 0.0830. The first-order chi connectivity index (χ1) is 9.45. The van der Waals surface area contributed by atoms with Gasteiger partial charge in [0, 0.05) is 0 Å². The molecule has 0 aliphatic heterocycles. The summed E-state index contributed by atoms with van der Waals surface area (Å²) in [7, 11) is 0. The Labute approximate surface area is 122 Å². The molecule has 2 N–H and O–H groups in total. The number of nitrogens with zero attached hydrogens (tertiary/aromatic N) is 1. The van der Waals surface area contributed by atoms with Crippen molar-refractivity contribution in [2.75, 3.05) is 0 Å². The average Bonchev–Trinajstić information content (AvgIpc) is 2.81. The van der Waals surface area contributed by atoms with Crippen LogP contribution in [-0.4, -0.2) is 37.8 Å². The zero-order chi connectivity index (χ0) is 14.9. The number of carboxylic acid groups (broad SMARTS) is 1. The van der Waals surface area contributed by atoms with Crippen LogP contribution in [0, 0.1) is 22.5 Å². The van der Waals surface area contributed by atoms with Crippen LogP contribution in [0.3, 0.4) is 0 Å². The first-order valence-electron chi connectivity index (χ1n) is 5.60. The number of aliphatic carboxylic acids is 1. The molecule has 7 heteroatoms. The Hall–Kier alpha value is -2.25. The van der Waals surface area contributed by atoms with Gasteiger partial charge in [-0.3, -0.25) is 0 Å². The van der Waals surface area contributed by atoms with E-state index in [-0.39, 0.29) is 12.1 Å². The van der Waals surface area contributed by atoms with E-state index in [1.807, 2.05) is 16.9 Å². The molecule has 0 spiro atoms. The molecule has 1 aromatic carbocycles. The van der Waals surface area contributed by atoms with Gasteiger partial charge < -0.3 is 0 Å². The zero-order valence-corrected chi connectivity index (χ0v) is 12.0. The molecule has 1 unspecified atom stereocenters. The van der Waals surface area contributed by atoms with Gasteiger partial charge in [0.25, 0.3) is 0 Å². The van der Waals surface area contributed by atoms with Crippen LogP contribution in [0.2, 0.25) is 4.71 Å². The summed E-state index contributed by atoms with van der Waals surface area (Å²) >= 11 is 2.04. The number of benzene rings is 1. The maximum atomic E-state index is 11.1. The number of aromatic amines is 1. The van der Waals surface area contributed by atoms with Crippen LogP contribution in [0.1, 0.15) is 11.1 Å². The molecule has 2 aromatic rings. The van der Waals surface area contributed by atoms with E-state index in [9.17, 15) is 14.9 Å². The molecular weight excluding hydrogens is 323 g/mol. The number of hydrogen-bond acceptors (Lipinski definition) is 3. The Bertz CT molecular complexity index is 745. The Kier molecular flexibility index (Phi) is 3.82. The van der Waals surface area contributed by atoms with Crippen molar-refractivity contribution in [3.63, 3.8) is 0 Å². The Morgan fingerprint density at radius 1 is 1.60 bits per heavy atom. The zero-order valence-electron chi connectivity index (χ0n) is 10.2. The molecule has 0 aliphatic rings. The number of carbonyl (C=O) groups is 1. The standard InChI is InChI=1S/C13H9AsN2O4/c1-2-7-3-4-10(16(19)20)11-8(6-15-12(7)11)5-9(14)13(17)18/h1,3-4,6,9,15H,5H2,(H,17,18). The molecule has 2 rings (SSSR count). The number of nitrogens with one attached hydrogen (secondary N) is 1. The predicted octanol–water partition coefficient (Wildman–Crippen LogP) is 1.64. The van der Waals surface area contributed by atoms with E-state index in [1.165, 1.54) is 12.1 Å². The summed E-state index contributed by atoms with van der Waals surface area (Å²) in [6, 6.07) is 2.84. The molecule has 0 aliphatic carbocycles. The van der Waals surface area contributed by atoms with E-state index < -0.39 is 15.6 Å². The number of nitro benzene ring substituents is 1. The minimum atomic E-state index is -0.977. The van der Waals surface area contributed by atoms with Crippen LogP contribution in [0.5, 0.6) is 0 Å². The van der Waals surface area contributed by atoms with Crippen LogP contribution in [0.4, 0.5) is 5.69 Å². The van der Waals surface area contributed by atoms with Crippen molar-refractivity contribution >= 4 is 39.4 Å². The van der Waals surface area contributed by atoms with Crippen molar-refractivity contribution in [1.82, 2.24) is 4.98 Å². The third kappa shape index (κ3) is 2.40. The van der Waals surface area contributed by atoms with Crippen LogP contribution in [0.25, 0.3) is 10.9 Å². The molecule has 0 bridgehead atoms. The second kappa shape index (κ2) is 5.39. The first-order valence-corrected chi connectivity index (χ1v) is 6.69. The van der Waals surface area contributed by atoms with E-state index in [2.05, 4.69) is 10.9 Å². The Morgan fingerprint density at radius 3 is 2.85 bits per heavy atom. The summed E-state index contributed by atoms with van der Waals surface area (Å²) in [5, 5.41) is 20.4. The van der Waals surface area contributed by atoms with Gasteiger partial charge in [0.15, 0.2) is 0 Å². The first kappa shape index (κ1) is 14.2. The topological polar surface area (TPSA) is 96.2 Å². The van der Waals surface area contributed by atoms with Crippen molar-refractivity contribution in [1.29, 1.82) is 0 Å². The van der Waals surface area contributed by atoms with Crippen molar-refractivity contribution in [3.05, 3.63) is 39.6 Å². The number of terminal acetylenes is 1. The van der Waals surface area contributed by atoms with E-state index in [1.54, 1.807) is 6.20 Å². The number of H-pyrrole nitrogens is 1. The third-order valence-corrected chi connectivity index (χ3v) is 3.79. The Balaban J connectivity index is 2.65. The van der Waals surface area contributed by atoms with E-state index in [4.69, 9.17) is 11.5 Å². The normalized spacial score (nSPS) is 12.0. The third-order valence-electron chi connectivity index (χ3n) is 2.95. The number of non-ortho nitro benzene ring substituents is 1. The van der Waals surface area contributed by atoms with Crippen LogP contribution in [-0.2, 0) is 11.2 Å². The number of nitro groups is 1. The van der Waals surface area contributed by atoms with Gasteiger partial charge in [-0.25, -0.2) is 0 Å². The van der Waals surface area contributed by atoms with Crippen LogP contribution >= 0.6 is 0 Å². The second-order valence-corrected chi connectivity index (χ2v) is 5.46. The SMILES string of the molecule is C#Cc1ccc([N+](=O)[O-])c2c(CC([As])C(=O)O)c[nH]c12. The number of aromatic nitrogens is 1. The van der Waals surface area contributed by atoms with Gasteiger partial charge in [-0.2, -0.15) is 0 Å². The summed E-state index contributed by atoms with van der Waals surface area (Å²) in [6.07, 6.45) is 7.11. The average molecular weight is 332 g/mol. The fraction of sp³-hybridized carbons (Fsp3) is 0.154. The fourth-order valence-corrected chi connectivity index (χ4v) is 2.44. The van der Waals surface area contributed by atoms with Crippen LogP contribution < -0.4 is 0 Å². The molecule has 6 nitrogen and oxygen atoms in total. The molecule has 100 valence electrons. The molecular formula is C13H9AsN2O4. The van der Waals surface area contributed by atoms with Gasteiger partial charge >= 0.3 is 122 Å². The maximum absolute atomic E-state index is 11.1. The summed E-state index contributed by atoms with van der Waals surface area (Å²) in [4.78, 5) is 24.4. The number of carboxylic acids is 1. The molecule has 20 heavy (non-hydrogen) atoms. The molecule has 1 atom stereocenters. The van der Waals surface area contributed by atoms with Gasteiger partial charge in [0.2, 0.25) is 0 Å². The Morgan fingerprint density at radius 2 is 2.30 bits per heavy atom. The van der Waals surface area contributed by atoms with E-state index >= 15 is 0 Å². The molecule has 0 saturated heterocycles. The van der Waals surface area contributed by atoms with Crippen molar-refractivity contribution in [3.8, 4) is 12.3 Å². The molecule has 0 amide bonds. The number of rotatable bonds is 4. The summed E-state index contributed by atoms with van der Waals surface area (Å²) < 4.78 is -0.699. The van der Waals surface area contributed by atoms with Gasteiger partial charge in [-0.1, -0.05) is 0 Å². The fourth-order valence-electron chi connectivity index (χ4n) is 2.03. The summed E-state index contributed by atoms with van der Waals surface area (Å²) in [5.41, 5.74) is 1.48. The van der Waals surface area contributed by atoms with Gasteiger partial charge in [-0.15, -0.1) is 0 Å². The predicted molar refractivity (Wildman–Crippen MR) is 73.7 cm³/mol. The van der Waals surface area contributed by atoms with Crippen molar-refractivity contribution in [2.45, 2.75) is 11.1 Å². The van der Waals surface area contributed by atoms with Gasteiger partial charge in [0.1, 0.15) is 0 Å². The monoisotopic (exact) mass is 332 g/mol. The van der Waals surface area contributed by atoms with Gasteiger partial charge in [-0.05, 0) is 0 Å². The summed E-state index contributed by atoms with van der Waals surface area (Å²) in [6.45, 7) is 0. The molecule has 1 aromatic heterocycles. The van der Waals surface area contributed by atoms with E-state index in [0.717, 1.165) is 0 Å². The molecule has 0 saturated carbocycles.